The van der Waals surface area contributed by atoms with Crippen LogP contribution in [0.2, 0.25) is 0 Å². The summed E-state index contributed by atoms with van der Waals surface area (Å²) in [5.74, 6) is -0.588. The van der Waals surface area contributed by atoms with Gasteiger partial charge in [0.1, 0.15) is 0 Å². The molecule has 0 saturated carbocycles. The Balaban J connectivity index is 0.000000867. The molecule has 0 bridgehead atoms. The van der Waals surface area contributed by atoms with E-state index in [0.29, 0.717) is 19.8 Å². The molecule has 152 valence electrons. The summed E-state index contributed by atoms with van der Waals surface area (Å²) >= 11 is 0. The number of hydrogen-bond acceptors (Lipinski definition) is 3. The van der Waals surface area contributed by atoms with Gasteiger partial charge in [-0.05, 0) is 27.2 Å². The molecule has 0 spiro atoms. The Morgan fingerprint density at radius 2 is 1.00 bits per heavy atom. The Labute approximate surface area is 162 Å². The Morgan fingerprint density at radius 3 is 1.38 bits per heavy atom. The van der Waals surface area contributed by atoms with Gasteiger partial charge < -0.3 is 14.2 Å². The summed E-state index contributed by atoms with van der Waals surface area (Å²) in [5, 5.41) is 0. The van der Waals surface area contributed by atoms with Crippen molar-refractivity contribution in [2.45, 2.75) is 85.5 Å². The first-order valence-electron chi connectivity index (χ1n) is 10.6. The lowest BCUT2D eigenvalue weighted by Gasteiger charge is -2.37. The molecule has 1 rings (SSSR count). The third-order valence-electron chi connectivity index (χ3n) is 4.30. The van der Waals surface area contributed by atoms with E-state index in [4.69, 9.17) is 14.2 Å². The summed E-state index contributed by atoms with van der Waals surface area (Å²) < 4.78 is 17.5. The molecular formula is C23H42O3. The first-order valence-corrected chi connectivity index (χ1v) is 10.6. The van der Waals surface area contributed by atoms with E-state index in [1.54, 1.807) is 0 Å². The zero-order chi connectivity index (χ0) is 19.5. The minimum Gasteiger partial charge on any atom is -0.328 e. The van der Waals surface area contributed by atoms with Crippen LogP contribution in [0.25, 0.3) is 0 Å². The van der Waals surface area contributed by atoms with Crippen LogP contribution in [0.5, 0.6) is 0 Å². The van der Waals surface area contributed by atoms with Gasteiger partial charge in [-0.15, -0.1) is 0 Å². The van der Waals surface area contributed by atoms with Crippen molar-refractivity contribution >= 4 is 0 Å². The molecule has 3 heteroatoms. The van der Waals surface area contributed by atoms with Crippen LogP contribution in [-0.2, 0) is 14.2 Å². The fourth-order valence-electron chi connectivity index (χ4n) is 2.95. The minimum absolute atomic E-state index is 0.258. The number of ether oxygens (including phenoxy) is 3. The highest BCUT2D eigenvalue weighted by atomic mass is 16.9. The van der Waals surface area contributed by atoms with Gasteiger partial charge in [0.15, 0.2) is 0 Å². The first kappa shape index (κ1) is 25.1. The van der Waals surface area contributed by atoms with Crippen molar-refractivity contribution in [1.29, 1.82) is 0 Å². The quantitative estimate of drug-likeness (QED) is 0.267. The van der Waals surface area contributed by atoms with Crippen LogP contribution < -0.4 is 0 Å². The SMILES string of the molecule is CCCCCCCCC(C)C(OCC)(OCC)OCC.c1ccccc1. The van der Waals surface area contributed by atoms with Crippen LogP contribution in [0.1, 0.15) is 79.6 Å². The molecule has 0 aliphatic carbocycles. The van der Waals surface area contributed by atoms with Crippen LogP contribution >= 0.6 is 0 Å². The molecule has 0 N–H and O–H groups in total. The van der Waals surface area contributed by atoms with E-state index in [-0.39, 0.29) is 5.92 Å². The molecule has 0 saturated heterocycles. The van der Waals surface area contributed by atoms with Gasteiger partial charge in [-0.25, -0.2) is 0 Å². The lowest BCUT2D eigenvalue weighted by Crippen LogP contribution is -2.45. The summed E-state index contributed by atoms with van der Waals surface area (Å²) in [6.45, 7) is 12.2. The highest BCUT2D eigenvalue weighted by molar-refractivity contribution is 4.99. The van der Waals surface area contributed by atoms with Gasteiger partial charge >= 0.3 is 0 Å². The Morgan fingerprint density at radius 1 is 0.615 bits per heavy atom. The second-order valence-electron chi connectivity index (χ2n) is 6.51. The fraction of sp³-hybridized carbons (Fsp3) is 0.739. The molecule has 0 radical (unpaired) electrons. The van der Waals surface area contributed by atoms with Gasteiger partial charge in [-0.3, -0.25) is 0 Å². The van der Waals surface area contributed by atoms with Crippen molar-refractivity contribution in [3.05, 3.63) is 36.4 Å². The van der Waals surface area contributed by atoms with Crippen LogP contribution in [0.15, 0.2) is 36.4 Å². The van der Waals surface area contributed by atoms with E-state index in [1.807, 2.05) is 57.2 Å². The molecule has 3 nitrogen and oxygen atoms in total. The largest absolute Gasteiger partial charge is 0.328 e. The Kier molecular flexibility index (Phi) is 16.9. The predicted octanol–water partition coefficient (Wildman–Crippen LogP) is 6.82. The molecule has 1 aromatic rings. The zero-order valence-corrected chi connectivity index (χ0v) is 17.8. The van der Waals surface area contributed by atoms with E-state index >= 15 is 0 Å². The lowest BCUT2D eigenvalue weighted by atomic mass is 9.99. The van der Waals surface area contributed by atoms with E-state index in [2.05, 4.69) is 13.8 Å². The predicted molar refractivity (Wildman–Crippen MR) is 111 cm³/mol. The minimum atomic E-state index is -0.846. The third kappa shape index (κ3) is 11.7. The molecule has 0 aliphatic rings. The van der Waals surface area contributed by atoms with Crippen LogP contribution in [0.4, 0.5) is 0 Å². The second-order valence-corrected chi connectivity index (χ2v) is 6.51. The molecule has 1 unspecified atom stereocenters. The van der Waals surface area contributed by atoms with Crippen molar-refractivity contribution in [3.63, 3.8) is 0 Å². The zero-order valence-electron chi connectivity index (χ0n) is 17.8. The molecular weight excluding hydrogens is 324 g/mol. The topological polar surface area (TPSA) is 27.7 Å². The molecule has 1 atom stereocenters. The molecule has 0 heterocycles. The van der Waals surface area contributed by atoms with E-state index in [0.717, 1.165) is 6.42 Å². The molecule has 26 heavy (non-hydrogen) atoms. The van der Waals surface area contributed by atoms with Crippen molar-refractivity contribution in [1.82, 2.24) is 0 Å². The number of hydrogen-bond donors (Lipinski definition) is 0. The molecule has 0 amide bonds. The third-order valence-corrected chi connectivity index (χ3v) is 4.30. The Hall–Kier alpha value is -0.900. The monoisotopic (exact) mass is 366 g/mol. The number of unbranched alkanes of at least 4 members (excludes halogenated alkanes) is 5. The van der Waals surface area contributed by atoms with Crippen molar-refractivity contribution in [3.8, 4) is 0 Å². The molecule has 0 aliphatic heterocycles. The van der Waals surface area contributed by atoms with E-state index in [9.17, 15) is 0 Å². The van der Waals surface area contributed by atoms with Gasteiger partial charge in [0.25, 0.3) is 5.97 Å². The van der Waals surface area contributed by atoms with Crippen molar-refractivity contribution < 1.29 is 14.2 Å². The fourth-order valence-corrected chi connectivity index (χ4v) is 2.95. The number of benzene rings is 1. The first-order chi connectivity index (χ1) is 12.7. The van der Waals surface area contributed by atoms with Crippen molar-refractivity contribution in [2.24, 2.45) is 5.92 Å². The van der Waals surface area contributed by atoms with Gasteiger partial charge in [0.2, 0.25) is 0 Å². The highest BCUT2D eigenvalue weighted by Gasteiger charge is 2.38. The van der Waals surface area contributed by atoms with Crippen LogP contribution in [0, 0.1) is 5.92 Å². The van der Waals surface area contributed by atoms with Gasteiger partial charge in [0, 0.05) is 25.7 Å². The average molecular weight is 367 g/mol. The maximum Gasteiger partial charge on any atom is 0.285 e. The van der Waals surface area contributed by atoms with Gasteiger partial charge in [-0.2, -0.15) is 0 Å². The standard InChI is InChI=1S/C17H36O3.C6H6/c1-6-10-11-12-13-14-15-16(5)17(18-7-2,19-8-3)20-9-4;1-2-4-6-5-3-1/h16H,6-15H2,1-5H3;1-6H. The molecule has 0 fully saturated rings. The highest BCUT2D eigenvalue weighted by Crippen LogP contribution is 2.30. The molecule has 1 aromatic carbocycles. The summed E-state index contributed by atoms with van der Waals surface area (Å²) in [7, 11) is 0. The summed E-state index contributed by atoms with van der Waals surface area (Å²) in [6.07, 6.45) is 8.97. The maximum atomic E-state index is 5.82. The maximum absolute atomic E-state index is 5.82. The lowest BCUT2D eigenvalue weighted by molar-refractivity contribution is -0.400. The van der Waals surface area contributed by atoms with Gasteiger partial charge in [-0.1, -0.05) is 88.8 Å². The normalized spacial score (nSPS) is 12.3. The summed E-state index contributed by atoms with van der Waals surface area (Å²) in [4.78, 5) is 0. The van der Waals surface area contributed by atoms with Crippen molar-refractivity contribution in [2.75, 3.05) is 19.8 Å². The molecule has 0 aromatic heterocycles. The van der Waals surface area contributed by atoms with E-state index < -0.39 is 5.97 Å². The Bertz CT molecular complexity index is 337. The van der Waals surface area contributed by atoms with Crippen LogP contribution in [-0.4, -0.2) is 25.8 Å². The average Bonchev–Trinajstić information content (AvgIpc) is 2.67. The number of rotatable bonds is 14. The van der Waals surface area contributed by atoms with Gasteiger partial charge in [0.05, 0.1) is 0 Å². The second kappa shape index (κ2) is 17.5. The van der Waals surface area contributed by atoms with Crippen LogP contribution in [0.3, 0.4) is 0 Å². The van der Waals surface area contributed by atoms with E-state index in [1.165, 1.54) is 38.5 Å². The summed E-state index contributed by atoms with van der Waals surface area (Å²) in [5.41, 5.74) is 0. The summed E-state index contributed by atoms with van der Waals surface area (Å²) in [6, 6.07) is 12.0. The smallest absolute Gasteiger partial charge is 0.285 e.